The highest BCUT2D eigenvalue weighted by molar-refractivity contribution is 5.76. The Balaban J connectivity index is 2.27. The van der Waals surface area contributed by atoms with Crippen LogP contribution in [0.25, 0.3) is 0 Å². The quantitative estimate of drug-likeness (QED) is 0.730. The lowest BCUT2D eigenvalue weighted by Gasteiger charge is -2.34. The number of carbonyl (C=O) groups excluding carboxylic acids is 1. The molecular weight excluding hydrogens is 228 g/mol. The van der Waals surface area contributed by atoms with Gasteiger partial charge >= 0.3 is 0 Å². The van der Waals surface area contributed by atoms with Crippen molar-refractivity contribution >= 4 is 5.91 Å². The number of carbonyl (C=O) groups is 1. The van der Waals surface area contributed by atoms with Crippen LogP contribution in [0, 0.1) is 5.92 Å². The highest BCUT2D eigenvalue weighted by atomic mass is 16.5. The minimum atomic E-state index is -0.0646. The van der Waals surface area contributed by atoms with Gasteiger partial charge in [-0.2, -0.15) is 0 Å². The van der Waals surface area contributed by atoms with Crippen LogP contribution in [-0.4, -0.2) is 31.2 Å². The van der Waals surface area contributed by atoms with Gasteiger partial charge in [0.1, 0.15) is 0 Å². The van der Waals surface area contributed by atoms with E-state index in [1.54, 1.807) is 0 Å². The molecule has 4 nitrogen and oxygen atoms in total. The van der Waals surface area contributed by atoms with Crippen LogP contribution in [0.3, 0.4) is 0 Å². The molecule has 1 aliphatic rings. The zero-order chi connectivity index (χ0) is 13.4. The van der Waals surface area contributed by atoms with E-state index in [0.717, 1.165) is 51.9 Å². The number of rotatable bonds is 7. The van der Waals surface area contributed by atoms with Crippen LogP contribution in [-0.2, 0) is 9.53 Å². The summed E-state index contributed by atoms with van der Waals surface area (Å²) in [6, 6.07) is 0. The second-order valence-corrected chi connectivity index (χ2v) is 5.61. The van der Waals surface area contributed by atoms with Crippen LogP contribution in [0.1, 0.15) is 52.4 Å². The average molecular weight is 256 g/mol. The molecule has 4 heteroatoms. The highest BCUT2D eigenvalue weighted by Gasteiger charge is 2.28. The second kappa shape index (κ2) is 7.74. The largest absolute Gasteiger partial charge is 0.381 e. The molecule has 1 aliphatic heterocycles. The van der Waals surface area contributed by atoms with Crippen LogP contribution < -0.4 is 11.1 Å². The van der Waals surface area contributed by atoms with Gasteiger partial charge in [-0.05, 0) is 45.1 Å². The molecule has 0 saturated carbocycles. The van der Waals surface area contributed by atoms with Crippen LogP contribution in [0.4, 0.5) is 0 Å². The van der Waals surface area contributed by atoms with E-state index in [2.05, 4.69) is 19.2 Å². The molecule has 1 fully saturated rings. The third kappa shape index (κ3) is 5.36. The number of hydrogen-bond acceptors (Lipinski definition) is 3. The van der Waals surface area contributed by atoms with Gasteiger partial charge in [0.05, 0.1) is 0 Å². The van der Waals surface area contributed by atoms with Crippen molar-refractivity contribution in [1.29, 1.82) is 0 Å². The lowest BCUT2D eigenvalue weighted by atomic mass is 9.91. The van der Waals surface area contributed by atoms with Crippen LogP contribution >= 0.6 is 0 Å². The summed E-state index contributed by atoms with van der Waals surface area (Å²) in [5.74, 6) is 0.762. The molecule has 1 unspecified atom stereocenters. The van der Waals surface area contributed by atoms with Crippen LogP contribution in [0.2, 0.25) is 0 Å². The molecule has 0 aromatic heterocycles. The maximum Gasteiger partial charge on any atom is 0.220 e. The number of hydrogen-bond donors (Lipinski definition) is 2. The molecule has 1 rings (SSSR count). The lowest BCUT2D eigenvalue weighted by molar-refractivity contribution is -0.124. The van der Waals surface area contributed by atoms with Gasteiger partial charge < -0.3 is 15.8 Å². The summed E-state index contributed by atoms with van der Waals surface area (Å²) < 4.78 is 5.33. The number of nitrogens with two attached hydrogens (primary N) is 1. The van der Waals surface area contributed by atoms with E-state index in [1.807, 2.05) is 0 Å². The standard InChI is InChI=1S/C14H28N2O2/c1-3-12(6-9-15)4-5-13(17)16-14(2)7-10-18-11-8-14/h12H,3-11,15H2,1-2H3,(H,16,17). The van der Waals surface area contributed by atoms with Crippen molar-refractivity contribution in [2.45, 2.75) is 57.9 Å². The molecular formula is C14H28N2O2. The Kier molecular flexibility index (Phi) is 6.65. The van der Waals surface area contributed by atoms with Gasteiger partial charge in [-0.3, -0.25) is 4.79 Å². The number of amides is 1. The first-order chi connectivity index (χ1) is 8.59. The molecule has 0 spiro atoms. The lowest BCUT2D eigenvalue weighted by Crippen LogP contribution is -2.49. The zero-order valence-corrected chi connectivity index (χ0v) is 11.8. The van der Waals surface area contributed by atoms with Crippen molar-refractivity contribution in [1.82, 2.24) is 5.32 Å². The number of nitrogens with one attached hydrogen (secondary N) is 1. The molecule has 106 valence electrons. The summed E-state index contributed by atoms with van der Waals surface area (Å²) >= 11 is 0. The van der Waals surface area contributed by atoms with Crippen LogP contribution in [0.5, 0.6) is 0 Å². The first kappa shape index (κ1) is 15.4. The van der Waals surface area contributed by atoms with Crippen molar-refractivity contribution < 1.29 is 9.53 Å². The summed E-state index contributed by atoms with van der Waals surface area (Å²) in [5, 5.41) is 3.17. The minimum Gasteiger partial charge on any atom is -0.381 e. The Morgan fingerprint density at radius 3 is 2.61 bits per heavy atom. The van der Waals surface area contributed by atoms with E-state index in [-0.39, 0.29) is 11.4 Å². The molecule has 0 radical (unpaired) electrons. The molecule has 0 bridgehead atoms. The van der Waals surface area contributed by atoms with E-state index in [4.69, 9.17) is 10.5 Å². The van der Waals surface area contributed by atoms with Gasteiger partial charge in [0.15, 0.2) is 0 Å². The van der Waals surface area contributed by atoms with Crippen molar-refractivity contribution in [2.75, 3.05) is 19.8 Å². The van der Waals surface area contributed by atoms with Gasteiger partial charge in [0, 0.05) is 25.2 Å². The summed E-state index contributed by atoms with van der Waals surface area (Å²) in [7, 11) is 0. The zero-order valence-electron chi connectivity index (χ0n) is 11.8. The van der Waals surface area contributed by atoms with Crippen molar-refractivity contribution in [3.05, 3.63) is 0 Å². The third-order valence-corrected chi connectivity index (χ3v) is 3.97. The fourth-order valence-corrected chi connectivity index (χ4v) is 2.47. The molecule has 1 saturated heterocycles. The maximum absolute atomic E-state index is 12.0. The Morgan fingerprint density at radius 1 is 1.39 bits per heavy atom. The highest BCUT2D eigenvalue weighted by Crippen LogP contribution is 2.20. The van der Waals surface area contributed by atoms with Crippen LogP contribution in [0.15, 0.2) is 0 Å². The van der Waals surface area contributed by atoms with Gasteiger partial charge in [-0.15, -0.1) is 0 Å². The molecule has 1 amide bonds. The van der Waals surface area contributed by atoms with E-state index in [9.17, 15) is 4.79 Å². The Hall–Kier alpha value is -0.610. The smallest absolute Gasteiger partial charge is 0.220 e. The van der Waals surface area contributed by atoms with Gasteiger partial charge in [-0.1, -0.05) is 13.3 Å². The Morgan fingerprint density at radius 2 is 2.06 bits per heavy atom. The first-order valence-corrected chi connectivity index (χ1v) is 7.18. The van der Waals surface area contributed by atoms with E-state index >= 15 is 0 Å². The van der Waals surface area contributed by atoms with Crippen molar-refractivity contribution in [2.24, 2.45) is 11.7 Å². The predicted molar refractivity (Wildman–Crippen MR) is 73.3 cm³/mol. The third-order valence-electron chi connectivity index (χ3n) is 3.97. The fraction of sp³-hybridized carbons (Fsp3) is 0.929. The summed E-state index contributed by atoms with van der Waals surface area (Å²) in [6.07, 6.45) is 5.53. The average Bonchev–Trinajstić information content (AvgIpc) is 2.34. The van der Waals surface area contributed by atoms with Gasteiger partial charge in [0.2, 0.25) is 5.91 Å². The van der Waals surface area contributed by atoms with Crippen molar-refractivity contribution in [3.63, 3.8) is 0 Å². The second-order valence-electron chi connectivity index (χ2n) is 5.61. The minimum absolute atomic E-state index is 0.0646. The summed E-state index contributed by atoms with van der Waals surface area (Å²) in [4.78, 5) is 12.0. The molecule has 1 atom stereocenters. The van der Waals surface area contributed by atoms with E-state index in [0.29, 0.717) is 12.3 Å². The molecule has 0 aliphatic carbocycles. The first-order valence-electron chi connectivity index (χ1n) is 7.18. The normalized spacial score (nSPS) is 20.4. The molecule has 18 heavy (non-hydrogen) atoms. The molecule has 3 N–H and O–H groups in total. The van der Waals surface area contributed by atoms with Crippen molar-refractivity contribution in [3.8, 4) is 0 Å². The predicted octanol–water partition coefficient (Wildman–Crippen LogP) is 1.83. The number of ether oxygens (including phenoxy) is 1. The Bertz CT molecular complexity index is 250. The maximum atomic E-state index is 12.0. The van der Waals surface area contributed by atoms with Gasteiger partial charge in [-0.25, -0.2) is 0 Å². The summed E-state index contributed by atoms with van der Waals surface area (Å²) in [5.41, 5.74) is 5.50. The molecule has 0 aromatic rings. The fourth-order valence-electron chi connectivity index (χ4n) is 2.47. The van der Waals surface area contributed by atoms with E-state index in [1.165, 1.54) is 0 Å². The summed E-state index contributed by atoms with van der Waals surface area (Å²) in [6.45, 7) is 6.50. The monoisotopic (exact) mass is 256 g/mol. The molecule has 1 heterocycles. The molecule has 0 aromatic carbocycles. The van der Waals surface area contributed by atoms with E-state index < -0.39 is 0 Å². The SMILES string of the molecule is CCC(CCN)CCC(=O)NC1(C)CCOCC1. The topological polar surface area (TPSA) is 64.4 Å². The Labute approximate surface area is 111 Å². The van der Waals surface area contributed by atoms with Gasteiger partial charge in [0.25, 0.3) is 0 Å².